The molecule has 6 nitrogen and oxygen atoms in total. The molecule has 34 heavy (non-hydrogen) atoms. The highest BCUT2D eigenvalue weighted by Gasteiger charge is 2.19. The molecule has 0 saturated carbocycles. The van der Waals surface area contributed by atoms with E-state index >= 15 is 0 Å². The molecule has 0 unspecified atom stereocenters. The molecule has 1 aliphatic heterocycles. The summed E-state index contributed by atoms with van der Waals surface area (Å²) in [7, 11) is 0. The van der Waals surface area contributed by atoms with Crippen LogP contribution in [0.15, 0.2) is 41.9 Å². The van der Waals surface area contributed by atoms with Crippen molar-refractivity contribution >= 4 is 33.8 Å². The second-order valence-corrected chi connectivity index (χ2v) is 8.62. The predicted molar refractivity (Wildman–Crippen MR) is 144 cm³/mol. The molecule has 2 aromatic heterocycles. The third-order valence-electron chi connectivity index (χ3n) is 5.34. The Hall–Kier alpha value is -2.93. The number of carbonyl (C=O) groups is 2. The van der Waals surface area contributed by atoms with Crippen LogP contribution in [0.1, 0.15) is 86.0 Å². The molecule has 0 radical (unpaired) electrons. The lowest BCUT2D eigenvalue weighted by Gasteiger charge is -2.25. The summed E-state index contributed by atoms with van der Waals surface area (Å²) in [6, 6.07) is 9.30. The summed E-state index contributed by atoms with van der Waals surface area (Å²) in [5.74, 6) is -0.303. The van der Waals surface area contributed by atoms with Gasteiger partial charge in [0.25, 0.3) is 5.91 Å². The van der Waals surface area contributed by atoms with E-state index < -0.39 is 0 Å². The number of piperidine rings is 1. The van der Waals surface area contributed by atoms with Gasteiger partial charge < -0.3 is 14.8 Å². The number of amides is 1. The third-order valence-corrected chi connectivity index (χ3v) is 6.29. The summed E-state index contributed by atoms with van der Waals surface area (Å²) in [6.07, 6.45) is 5.44. The smallest absolute Gasteiger partial charge is 0.272 e. The van der Waals surface area contributed by atoms with Gasteiger partial charge in [0, 0.05) is 35.9 Å². The lowest BCUT2D eigenvalue weighted by atomic mass is 10.1. The van der Waals surface area contributed by atoms with E-state index in [4.69, 9.17) is 4.98 Å². The van der Waals surface area contributed by atoms with Crippen molar-refractivity contribution in [2.45, 2.75) is 67.3 Å². The first-order valence-electron chi connectivity index (χ1n) is 12.3. The second kappa shape index (κ2) is 13.7. The number of Topliss-reactive ketones (excluding diaryl/α,β-unsaturated/α-hetero) is 1. The highest BCUT2D eigenvalue weighted by molar-refractivity contribution is 7.13. The zero-order valence-electron chi connectivity index (χ0n) is 21.4. The standard InChI is InChI=1S/C23H26N4O2S.2C2H6/c1-16-6-8-19(9-7-16)24-22(29)21-12-18(17(2)28)13-27(21)14-20-15-30-23(25-20)26-10-4-3-5-11-26;2*1-2/h6-9,12-13,15H,3-5,10-11,14H2,1-2H3,(H,24,29);2*1-2H3. The van der Waals surface area contributed by atoms with Crippen molar-refractivity contribution in [3.63, 3.8) is 0 Å². The highest BCUT2D eigenvalue weighted by atomic mass is 32.1. The largest absolute Gasteiger partial charge is 0.348 e. The van der Waals surface area contributed by atoms with Gasteiger partial charge in [-0.3, -0.25) is 9.59 Å². The van der Waals surface area contributed by atoms with Crippen molar-refractivity contribution in [2.75, 3.05) is 23.3 Å². The van der Waals surface area contributed by atoms with Crippen LogP contribution in [0, 0.1) is 6.92 Å². The van der Waals surface area contributed by atoms with Crippen molar-refractivity contribution in [1.29, 1.82) is 0 Å². The molecule has 1 aromatic carbocycles. The molecule has 4 rings (SSSR count). The maximum atomic E-state index is 12.9. The van der Waals surface area contributed by atoms with E-state index in [1.165, 1.54) is 26.2 Å². The molecule has 3 aromatic rings. The van der Waals surface area contributed by atoms with Gasteiger partial charge in [0.1, 0.15) is 5.69 Å². The maximum Gasteiger partial charge on any atom is 0.272 e. The number of carbonyl (C=O) groups excluding carboxylic acids is 2. The van der Waals surface area contributed by atoms with Gasteiger partial charge in [0.2, 0.25) is 0 Å². The number of hydrogen-bond acceptors (Lipinski definition) is 5. The monoisotopic (exact) mass is 482 g/mol. The van der Waals surface area contributed by atoms with Crippen molar-refractivity contribution in [2.24, 2.45) is 0 Å². The molecule has 0 bridgehead atoms. The van der Waals surface area contributed by atoms with Gasteiger partial charge in [-0.15, -0.1) is 11.3 Å². The van der Waals surface area contributed by atoms with Crippen LogP contribution in [0.4, 0.5) is 10.8 Å². The van der Waals surface area contributed by atoms with Crippen LogP contribution in [0.25, 0.3) is 0 Å². The number of anilines is 2. The number of benzene rings is 1. The summed E-state index contributed by atoms with van der Waals surface area (Å²) in [4.78, 5) is 32.0. The summed E-state index contributed by atoms with van der Waals surface area (Å²) >= 11 is 1.64. The highest BCUT2D eigenvalue weighted by Crippen LogP contribution is 2.25. The van der Waals surface area contributed by atoms with E-state index in [0.29, 0.717) is 17.8 Å². The SMILES string of the molecule is CC.CC.CC(=O)c1cc(C(=O)Nc2ccc(C)cc2)n(Cc2csc(N3CCCCC3)n2)c1. The lowest BCUT2D eigenvalue weighted by Crippen LogP contribution is -2.29. The number of hydrogen-bond donors (Lipinski definition) is 1. The van der Waals surface area contributed by atoms with Gasteiger partial charge in [-0.1, -0.05) is 45.4 Å². The number of nitrogens with one attached hydrogen (secondary N) is 1. The van der Waals surface area contributed by atoms with E-state index in [0.717, 1.165) is 35.2 Å². The Labute approximate surface area is 208 Å². The molecule has 1 saturated heterocycles. The van der Waals surface area contributed by atoms with E-state index in [1.54, 1.807) is 23.6 Å². The second-order valence-electron chi connectivity index (χ2n) is 7.79. The molecule has 1 amide bonds. The molecule has 7 heteroatoms. The van der Waals surface area contributed by atoms with Gasteiger partial charge in [0.15, 0.2) is 10.9 Å². The lowest BCUT2D eigenvalue weighted by molar-refractivity contribution is 0.101. The fourth-order valence-corrected chi connectivity index (χ4v) is 4.50. The molecular weight excluding hydrogens is 444 g/mol. The van der Waals surface area contributed by atoms with Crippen molar-refractivity contribution in [1.82, 2.24) is 9.55 Å². The fraction of sp³-hybridized carbons (Fsp3) is 0.444. The quantitative estimate of drug-likeness (QED) is 0.392. The first-order chi connectivity index (χ1) is 16.5. The van der Waals surface area contributed by atoms with Crippen LogP contribution in [-0.4, -0.2) is 34.3 Å². The van der Waals surface area contributed by atoms with Crippen LogP contribution in [0.3, 0.4) is 0 Å². The van der Waals surface area contributed by atoms with E-state index in [9.17, 15) is 9.59 Å². The molecule has 0 atom stereocenters. The molecule has 3 heterocycles. The number of nitrogens with zero attached hydrogens (tertiary/aromatic N) is 3. The minimum absolute atomic E-state index is 0.0644. The summed E-state index contributed by atoms with van der Waals surface area (Å²) in [5, 5.41) is 6.00. The van der Waals surface area contributed by atoms with Crippen LogP contribution < -0.4 is 10.2 Å². The fourth-order valence-electron chi connectivity index (χ4n) is 3.63. The zero-order valence-corrected chi connectivity index (χ0v) is 22.2. The van der Waals surface area contributed by atoms with Gasteiger partial charge in [-0.05, 0) is 51.3 Å². The Morgan fingerprint density at radius 2 is 1.68 bits per heavy atom. The topological polar surface area (TPSA) is 67.2 Å². The number of aryl methyl sites for hydroxylation is 1. The summed E-state index contributed by atoms with van der Waals surface area (Å²) in [6.45, 7) is 14.1. The molecule has 0 aliphatic carbocycles. The Balaban J connectivity index is 0.000000970. The Morgan fingerprint density at radius 1 is 1.03 bits per heavy atom. The summed E-state index contributed by atoms with van der Waals surface area (Å²) in [5.41, 5.74) is 3.73. The molecular formula is C27H38N4O2S. The maximum absolute atomic E-state index is 12.9. The number of thiazole rings is 1. The van der Waals surface area contributed by atoms with Gasteiger partial charge in [0.05, 0.1) is 12.2 Å². The number of aromatic nitrogens is 2. The minimum Gasteiger partial charge on any atom is -0.348 e. The molecule has 1 fully saturated rings. The first kappa shape index (κ1) is 27.3. The van der Waals surface area contributed by atoms with Crippen LogP contribution in [-0.2, 0) is 6.54 Å². The average Bonchev–Trinajstić information content (AvgIpc) is 3.52. The Bertz CT molecular complexity index is 1050. The molecule has 1 aliphatic rings. The van der Waals surface area contributed by atoms with E-state index in [2.05, 4.69) is 10.2 Å². The first-order valence-corrected chi connectivity index (χ1v) is 13.2. The minimum atomic E-state index is -0.238. The predicted octanol–water partition coefficient (Wildman–Crippen LogP) is 6.80. The number of ketones is 1. The van der Waals surface area contributed by atoms with Gasteiger partial charge >= 0.3 is 0 Å². The third kappa shape index (κ3) is 7.29. The van der Waals surface area contributed by atoms with Crippen LogP contribution in [0.2, 0.25) is 0 Å². The zero-order chi connectivity index (χ0) is 25.1. The van der Waals surface area contributed by atoms with Gasteiger partial charge in [-0.25, -0.2) is 4.98 Å². The molecule has 1 N–H and O–H groups in total. The van der Waals surface area contributed by atoms with Crippen molar-refractivity contribution in [3.8, 4) is 0 Å². The normalized spacial score (nSPS) is 12.7. The van der Waals surface area contributed by atoms with Gasteiger partial charge in [-0.2, -0.15) is 0 Å². The van der Waals surface area contributed by atoms with Crippen LogP contribution >= 0.6 is 11.3 Å². The number of rotatable bonds is 6. The van der Waals surface area contributed by atoms with Crippen LogP contribution in [0.5, 0.6) is 0 Å². The molecule has 0 spiro atoms. The van der Waals surface area contributed by atoms with Crippen molar-refractivity contribution < 1.29 is 9.59 Å². The average molecular weight is 483 g/mol. The molecule has 184 valence electrons. The Morgan fingerprint density at radius 3 is 2.29 bits per heavy atom. The summed E-state index contributed by atoms with van der Waals surface area (Å²) < 4.78 is 1.81. The van der Waals surface area contributed by atoms with Crippen molar-refractivity contribution in [3.05, 3.63) is 64.4 Å². The van der Waals surface area contributed by atoms with E-state index in [-0.39, 0.29) is 11.7 Å². The van der Waals surface area contributed by atoms with E-state index in [1.807, 2.05) is 68.8 Å². The Kier molecular flexibility index (Phi) is 11.0.